The number of rotatable bonds is 8. The zero-order chi connectivity index (χ0) is 26.5. The Labute approximate surface area is 221 Å². The van der Waals surface area contributed by atoms with Crippen LogP contribution in [0.25, 0.3) is 0 Å². The highest BCUT2D eigenvalue weighted by molar-refractivity contribution is 5.88. The number of carboxylic acids is 1. The molecule has 2 heterocycles. The SMILES string of the molecule is Cc1ccc2c(c1OCc1ccccc1)C[C@@H](C(=O)O)N(C(=O)[C@H](Oc1ccccn1)c1ccccc1)C2. The number of hydrogen-bond acceptors (Lipinski definition) is 5. The first kappa shape index (κ1) is 25.0. The first-order valence-electron chi connectivity index (χ1n) is 12.4. The second kappa shape index (κ2) is 11.2. The van der Waals surface area contributed by atoms with E-state index < -0.39 is 24.0 Å². The number of carbonyl (C=O) groups excluding carboxylic acids is 1. The highest BCUT2D eigenvalue weighted by Crippen LogP contribution is 2.36. The van der Waals surface area contributed by atoms with Crippen LogP contribution < -0.4 is 9.47 Å². The lowest BCUT2D eigenvalue weighted by molar-refractivity contribution is -0.155. The standard InChI is InChI=1S/C31H28N2O5/c1-21-15-16-24-19-33(26(31(35)36)18-25(24)28(21)37-20-22-10-4-2-5-11-22)30(34)29(23-12-6-3-7-13-23)38-27-14-8-9-17-32-27/h2-17,26,29H,18-20H2,1H3,(H,35,36)/t26-,29+/m0/s1. The molecule has 0 unspecified atom stereocenters. The van der Waals surface area contributed by atoms with Crippen LogP contribution in [0.3, 0.4) is 0 Å². The minimum absolute atomic E-state index is 0.127. The molecular formula is C31H28N2O5. The van der Waals surface area contributed by atoms with Gasteiger partial charge in [0.2, 0.25) is 12.0 Å². The molecule has 1 N–H and O–H groups in total. The number of carboxylic acid groups (broad SMARTS) is 1. The van der Waals surface area contributed by atoms with Crippen molar-refractivity contribution in [1.82, 2.24) is 9.88 Å². The molecule has 7 nitrogen and oxygen atoms in total. The van der Waals surface area contributed by atoms with E-state index in [1.165, 1.54) is 4.90 Å². The Morgan fingerprint density at radius 1 is 0.974 bits per heavy atom. The summed E-state index contributed by atoms with van der Waals surface area (Å²) in [5.41, 5.74) is 4.23. The number of benzene rings is 3. The van der Waals surface area contributed by atoms with Crippen LogP contribution in [0.4, 0.5) is 0 Å². The van der Waals surface area contributed by atoms with Crippen molar-refractivity contribution in [3.63, 3.8) is 0 Å². The summed E-state index contributed by atoms with van der Waals surface area (Å²) in [6, 6.07) is 26.9. The van der Waals surface area contributed by atoms with Crippen molar-refractivity contribution in [3.05, 3.63) is 125 Å². The maximum Gasteiger partial charge on any atom is 0.326 e. The Kier molecular flexibility index (Phi) is 7.35. The number of fused-ring (bicyclic) bond motifs is 1. The van der Waals surface area contributed by atoms with Crippen LogP contribution in [-0.4, -0.2) is 32.9 Å². The summed E-state index contributed by atoms with van der Waals surface area (Å²) < 4.78 is 12.3. The third-order valence-electron chi connectivity index (χ3n) is 6.67. The van der Waals surface area contributed by atoms with Crippen molar-refractivity contribution in [2.45, 2.75) is 38.6 Å². The van der Waals surface area contributed by atoms with Crippen LogP contribution in [0.1, 0.15) is 33.9 Å². The Bertz CT molecular complexity index is 1410. The van der Waals surface area contributed by atoms with Gasteiger partial charge in [-0.05, 0) is 29.7 Å². The van der Waals surface area contributed by atoms with Crippen molar-refractivity contribution in [2.75, 3.05) is 0 Å². The zero-order valence-electron chi connectivity index (χ0n) is 21.0. The van der Waals surface area contributed by atoms with Crippen LogP contribution in [0.15, 0.2) is 97.2 Å². The van der Waals surface area contributed by atoms with Crippen molar-refractivity contribution in [1.29, 1.82) is 0 Å². The van der Waals surface area contributed by atoms with Gasteiger partial charge in [0.15, 0.2) is 0 Å². The zero-order valence-corrected chi connectivity index (χ0v) is 21.0. The summed E-state index contributed by atoms with van der Waals surface area (Å²) in [7, 11) is 0. The van der Waals surface area contributed by atoms with Gasteiger partial charge in [0.1, 0.15) is 18.4 Å². The van der Waals surface area contributed by atoms with Gasteiger partial charge in [-0.1, -0.05) is 78.9 Å². The molecule has 7 heteroatoms. The van der Waals surface area contributed by atoms with Gasteiger partial charge in [-0.2, -0.15) is 0 Å². The van der Waals surface area contributed by atoms with Gasteiger partial charge in [-0.25, -0.2) is 9.78 Å². The highest BCUT2D eigenvalue weighted by atomic mass is 16.5. The summed E-state index contributed by atoms with van der Waals surface area (Å²) in [5.74, 6) is -0.559. The van der Waals surface area contributed by atoms with Crippen LogP contribution in [0.2, 0.25) is 0 Å². The number of aliphatic carboxylic acids is 1. The summed E-state index contributed by atoms with van der Waals surface area (Å²) in [6.45, 7) is 2.44. The summed E-state index contributed by atoms with van der Waals surface area (Å²) in [6.07, 6.45) is 0.667. The molecule has 0 radical (unpaired) electrons. The average molecular weight is 509 g/mol. The van der Waals surface area contributed by atoms with Gasteiger partial charge in [0, 0.05) is 36.4 Å². The molecule has 0 saturated heterocycles. The smallest absolute Gasteiger partial charge is 0.326 e. The highest BCUT2D eigenvalue weighted by Gasteiger charge is 2.40. The van der Waals surface area contributed by atoms with E-state index in [1.807, 2.05) is 67.6 Å². The largest absolute Gasteiger partial charge is 0.488 e. The normalized spacial score (nSPS) is 15.3. The van der Waals surface area contributed by atoms with E-state index in [9.17, 15) is 14.7 Å². The number of ether oxygens (including phenoxy) is 2. The van der Waals surface area contributed by atoms with Crippen molar-refractivity contribution in [2.24, 2.45) is 0 Å². The van der Waals surface area contributed by atoms with Gasteiger partial charge in [0.25, 0.3) is 5.91 Å². The molecule has 1 aliphatic heterocycles. The third-order valence-corrected chi connectivity index (χ3v) is 6.67. The molecule has 3 aromatic carbocycles. The molecule has 0 spiro atoms. The maximum atomic E-state index is 14.0. The number of carbonyl (C=O) groups is 2. The summed E-state index contributed by atoms with van der Waals surface area (Å²) >= 11 is 0. The molecule has 38 heavy (non-hydrogen) atoms. The molecule has 4 aromatic rings. The minimum Gasteiger partial charge on any atom is -0.488 e. The third kappa shape index (κ3) is 5.37. The number of amides is 1. The lowest BCUT2D eigenvalue weighted by Gasteiger charge is -2.37. The predicted octanol–water partition coefficient (Wildman–Crippen LogP) is 5.13. The van der Waals surface area contributed by atoms with Gasteiger partial charge in [-0.3, -0.25) is 4.79 Å². The summed E-state index contributed by atoms with van der Waals surface area (Å²) in [5, 5.41) is 10.2. The monoisotopic (exact) mass is 508 g/mol. The second-order valence-corrected chi connectivity index (χ2v) is 9.22. The Hall–Kier alpha value is -4.65. The van der Waals surface area contributed by atoms with Crippen LogP contribution in [0, 0.1) is 6.92 Å². The van der Waals surface area contributed by atoms with E-state index in [4.69, 9.17) is 9.47 Å². The molecule has 1 amide bonds. The first-order chi connectivity index (χ1) is 18.5. The van der Waals surface area contributed by atoms with E-state index in [0.29, 0.717) is 17.9 Å². The first-order valence-corrected chi connectivity index (χ1v) is 12.4. The molecule has 0 fully saturated rings. The molecule has 2 atom stereocenters. The van der Waals surface area contributed by atoms with Gasteiger partial charge in [-0.15, -0.1) is 0 Å². The number of nitrogens with zero attached hydrogens (tertiary/aromatic N) is 2. The van der Waals surface area contributed by atoms with E-state index >= 15 is 0 Å². The number of aromatic nitrogens is 1. The fourth-order valence-corrected chi connectivity index (χ4v) is 4.71. The van der Waals surface area contributed by atoms with Gasteiger partial charge >= 0.3 is 5.97 Å². The molecule has 1 aromatic heterocycles. The Morgan fingerprint density at radius 3 is 2.37 bits per heavy atom. The molecule has 1 aliphatic rings. The van der Waals surface area contributed by atoms with Crippen LogP contribution in [0.5, 0.6) is 11.6 Å². The Balaban J connectivity index is 1.47. The summed E-state index contributed by atoms with van der Waals surface area (Å²) in [4.78, 5) is 32.0. The Morgan fingerprint density at radius 2 is 1.68 bits per heavy atom. The number of aryl methyl sites for hydroxylation is 1. The topological polar surface area (TPSA) is 89.0 Å². The second-order valence-electron chi connectivity index (χ2n) is 9.22. The molecular weight excluding hydrogens is 480 g/mol. The fourth-order valence-electron chi connectivity index (χ4n) is 4.71. The molecule has 0 aliphatic carbocycles. The van der Waals surface area contributed by atoms with E-state index in [1.54, 1.807) is 36.5 Å². The van der Waals surface area contributed by atoms with Crippen LogP contribution >= 0.6 is 0 Å². The van der Waals surface area contributed by atoms with Crippen molar-refractivity contribution < 1.29 is 24.2 Å². The molecule has 192 valence electrons. The van der Waals surface area contributed by atoms with Crippen molar-refractivity contribution in [3.8, 4) is 11.6 Å². The molecule has 5 rings (SSSR count). The lowest BCUT2D eigenvalue weighted by atomic mass is 9.90. The van der Waals surface area contributed by atoms with Crippen LogP contribution in [-0.2, 0) is 29.2 Å². The van der Waals surface area contributed by atoms with E-state index in [-0.39, 0.29) is 18.8 Å². The number of pyridine rings is 1. The van der Waals surface area contributed by atoms with Gasteiger partial charge < -0.3 is 19.5 Å². The van der Waals surface area contributed by atoms with Gasteiger partial charge in [0.05, 0.1) is 0 Å². The average Bonchev–Trinajstić information content (AvgIpc) is 2.96. The maximum absolute atomic E-state index is 14.0. The minimum atomic E-state index is -1.08. The molecule has 0 saturated carbocycles. The number of hydrogen-bond donors (Lipinski definition) is 1. The fraction of sp³-hybridized carbons (Fsp3) is 0.194. The lowest BCUT2D eigenvalue weighted by Crippen LogP contribution is -2.51. The van der Waals surface area contributed by atoms with Crippen molar-refractivity contribution >= 4 is 11.9 Å². The quantitative estimate of drug-likeness (QED) is 0.355. The van der Waals surface area contributed by atoms with E-state index in [0.717, 1.165) is 22.3 Å². The van der Waals surface area contributed by atoms with E-state index in [2.05, 4.69) is 4.98 Å². The predicted molar refractivity (Wildman–Crippen MR) is 142 cm³/mol. The molecule has 0 bridgehead atoms.